The highest BCUT2D eigenvalue weighted by Gasteiger charge is 2.26. The predicted molar refractivity (Wildman–Crippen MR) is 60.1 cm³/mol. The van der Waals surface area contributed by atoms with E-state index in [4.69, 9.17) is 5.73 Å². The third-order valence-corrected chi connectivity index (χ3v) is 2.81. The van der Waals surface area contributed by atoms with E-state index < -0.39 is 40.8 Å². The van der Waals surface area contributed by atoms with Crippen LogP contribution < -0.4 is 11.1 Å². The summed E-state index contributed by atoms with van der Waals surface area (Å²) in [6, 6.07) is -0.249. The van der Waals surface area contributed by atoms with Gasteiger partial charge in [0.1, 0.15) is 5.69 Å². The van der Waals surface area contributed by atoms with Gasteiger partial charge in [-0.25, -0.2) is 17.6 Å². The highest BCUT2D eigenvalue weighted by molar-refractivity contribution is 5.94. The summed E-state index contributed by atoms with van der Waals surface area (Å²) in [7, 11) is 0. The fourth-order valence-corrected chi connectivity index (χ4v) is 1.82. The highest BCUT2D eigenvalue weighted by Crippen LogP contribution is 2.26. The van der Waals surface area contributed by atoms with Crippen LogP contribution in [0.15, 0.2) is 18.2 Å². The zero-order chi connectivity index (χ0) is 14.2. The summed E-state index contributed by atoms with van der Waals surface area (Å²) < 4.78 is 52.5. The highest BCUT2D eigenvalue weighted by atomic mass is 19.2. The number of anilines is 1. The van der Waals surface area contributed by atoms with Gasteiger partial charge >= 0.3 is 0 Å². The van der Waals surface area contributed by atoms with Crippen molar-refractivity contribution in [1.82, 2.24) is 0 Å². The average molecular weight is 274 g/mol. The molecule has 0 aliphatic heterocycles. The van der Waals surface area contributed by atoms with Crippen LogP contribution in [0, 0.1) is 29.2 Å². The van der Waals surface area contributed by atoms with Crippen LogP contribution in [0.5, 0.6) is 0 Å². The van der Waals surface area contributed by atoms with Gasteiger partial charge in [-0.3, -0.25) is 4.79 Å². The predicted octanol–water partition coefficient (Wildman–Crippen LogP) is 2.08. The first-order valence-electron chi connectivity index (χ1n) is 5.48. The molecule has 2 rings (SSSR count). The summed E-state index contributed by atoms with van der Waals surface area (Å²) in [5.74, 6) is -7.88. The number of nitrogens with two attached hydrogens (primary N) is 1. The lowest BCUT2D eigenvalue weighted by Gasteiger charge is -2.12. The number of rotatable bonds is 2. The summed E-state index contributed by atoms with van der Waals surface area (Å²) in [4.78, 5) is 11.7. The average Bonchev–Trinajstić information content (AvgIpc) is 2.79. The first-order chi connectivity index (χ1) is 8.90. The molecular formula is C12H10F4N2O. The summed E-state index contributed by atoms with van der Waals surface area (Å²) in [5, 5.41) is 1.85. The molecule has 3 nitrogen and oxygen atoms in total. The standard InChI is InChI=1S/C12H10F4N2O/c13-7-4-8(14)10(16)11(9(7)15)18-12(19)5-1-2-6(17)3-5/h1-2,4-6H,3,17H2,(H,18,19). The van der Waals surface area contributed by atoms with E-state index >= 15 is 0 Å². The molecule has 0 radical (unpaired) electrons. The first kappa shape index (κ1) is 13.5. The lowest BCUT2D eigenvalue weighted by Crippen LogP contribution is -2.25. The summed E-state index contributed by atoms with van der Waals surface area (Å²) in [5.41, 5.74) is 4.40. The Bertz CT molecular complexity index is 533. The Labute approximate surface area is 106 Å². The largest absolute Gasteiger partial charge is 0.324 e. The quantitative estimate of drug-likeness (QED) is 0.493. The van der Waals surface area contributed by atoms with Gasteiger partial charge in [0, 0.05) is 12.1 Å². The SMILES string of the molecule is NC1C=CC(C(=O)Nc2c(F)c(F)cc(F)c2F)C1. The van der Waals surface area contributed by atoms with Crippen molar-refractivity contribution in [2.24, 2.45) is 11.7 Å². The fourth-order valence-electron chi connectivity index (χ4n) is 1.82. The minimum absolute atomic E-state index is 0.0751. The maximum Gasteiger partial charge on any atom is 0.231 e. The number of carbonyl (C=O) groups excluding carboxylic acids is 1. The Morgan fingerprint density at radius 2 is 1.74 bits per heavy atom. The van der Waals surface area contributed by atoms with Crippen molar-refractivity contribution >= 4 is 11.6 Å². The van der Waals surface area contributed by atoms with E-state index in [1.54, 1.807) is 6.08 Å². The van der Waals surface area contributed by atoms with Gasteiger partial charge in [-0.1, -0.05) is 12.2 Å². The molecule has 0 spiro atoms. The Hall–Kier alpha value is -1.89. The molecule has 0 fully saturated rings. The van der Waals surface area contributed by atoms with E-state index in [1.165, 1.54) is 6.08 Å². The number of carbonyl (C=O) groups is 1. The zero-order valence-electron chi connectivity index (χ0n) is 9.59. The number of hydrogen-bond donors (Lipinski definition) is 2. The van der Waals surface area contributed by atoms with Crippen LogP contribution in [-0.4, -0.2) is 11.9 Å². The van der Waals surface area contributed by atoms with E-state index in [9.17, 15) is 22.4 Å². The minimum atomic E-state index is -1.64. The van der Waals surface area contributed by atoms with Crippen LogP contribution in [0.4, 0.5) is 23.2 Å². The van der Waals surface area contributed by atoms with Gasteiger partial charge < -0.3 is 11.1 Å². The van der Waals surface area contributed by atoms with Gasteiger partial charge in [0.2, 0.25) is 5.91 Å². The molecule has 7 heteroatoms. The van der Waals surface area contributed by atoms with Crippen LogP contribution >= 0.6 is 0 Å². The molecule has 0 aromatic heterocycles. The van der Waals surface area contributed by atoms with Crippen molar-refractivity contribution in [3.63, 3.8) is 0 Å². The van der Waals surface area contributed by atoms with Gasteiger partial charge in [-0.15, -0.1) is 0 Å². The molecule has 1 aromatic carbocycles. The summed E-state index contributed by atoms with van der Waals surface area (Å²) in [6.45, 7) is 0. The molecule has 1 amide bonds. The van der Waals surface area contributed by atoms with Crippen molar-refractivity contribution in [2.45, 2.75) is 12.5 Å². The van der Waals surface area contributed by atoms with Crippen LogP contribution in [0.25, 0.3) is 0 Å². The second-order valence-corrected chi connectivity index (χ2v) is 4.22. The molecule has 1 aromatic rings. The first-order valence-corrected chi connectivity index (χ1v) is 5.48. The molecule has 0 saturated carbocycles. The third kappa shape index (κ3) is 2.60. The Morgan fingerprint density at radius 1 is 1.16 bits per heavy atom. The normalized spacial score (nSPS) is 21.7. The van der Waals surface area contributed by atoms with E-state index in [1.807, 2.05) is 5.32 Å². The molecule has 2 atom stereocenters. The Balaban J connectivity index is 2.24. The molecule has 3 N–H and O–H groups in total. The molecule has 0 heterocycles. The van der Waals surface area contributed by atoms with Crippen molar-refractivity contribution in [1.29, 1.82) is 0 Å². The second-order valence-electron chi connectivity index (χ2n) is 4.22. The molecular weight excluding hydrogens is 264 g/mol. The Morgan fingerprint density at radius 3 is 2.21 bits per heavy atom. The monoisotopic (exact) mass is 274 g/mol. The van der Waals surface area contributed by atoms with Crippen molar-refractivity contribution < 1.29 is 22.4 Å². The number of amides is 1. The Kier molecular flexibility index (Phi) is 3.57. The van der Waals surface area contributed by atoms with Crippen LogP contribution in [0.1, 0.15) is 6.42 Å². The number of hydrogen-bond acceptors (Lipinski definition) is 2. The van der Waals surface area contributed by atoms with Gasteiger partial charge in [-0.2, -0.15) is 0 Å². The summed E-state index contributed by atoms with van der Waals surface area (Å²) in [6.07, 6.45) is 3.32. The minimum Gasteiger partial charge on any atom is -0.324 e. The van der Waals surface area contributed by atoms with Gasteiger partial charge in [0.25, 0.3) is 0 Å². The second kappa shape index (κ2) is 5.00. The molecule has 0 saturated heterocycles. The summed E-state index contributed by atoms with van der Waals surface area (Å²) >= 11 is 0. The van der Waals surface area contributed by atoms with Gasteiger partial charge in [0.15, 0.2) is 23.3 Å². The lowest BCUT2D eigenvalue weighted by molar-refractivity contribution is -0.118. The van der Waals surface area contributed by atoms with Crippen LogP contribution in [0.3, 0.4) is 0 Å². The molecule has 1 aliphatic carbocycles. The smallest absolute Gasteiger partial charge is 0.231 e. The third-order valence-electron chi connectivity index (χ3n) is 2.81. The van der Waals surface area contributed by atoms with Crippen molar-refractivity contribution in [3.8, 4) is 0 Å². The van der Waals surface area contributed by atoms with E-state index in [-0.39, 0.29) is 18.5 Å². The molecule has 1 aliphatic rings. The topological polar surface area (TPSA) is 55.1 Å². The molecule has 19 heavy (non-hydrogen) atoms. The van der Waals surface area contributed by atoms with Gasteiger partial charge in [-0.05, 0) is 6.42 Å². The van der Waals surface area contributed by atoms with E-state index in [0.717, 1.165) is 0 Å². The maximum atomic E-state index is 13.3. The lowest BCUT2D eigenvalue weighted by atomic mass is 10.1. The van der Waals surface area contributed by atoms with Gasteiger partial charge in [0.05, 0.1) is 5.92 Å². The number of halogens is 4. The van der Waals surface area contributed by atoms with Crippen LogP contribution in [-0.2, 0) is 4.79 Å². The van der Waals surface area contributed by atoms with Crippen LogP contribution in [0.2, 0.25) is 0 Å². The zero-order valence-corrected chi connectivity index (χ0v) is 9.59. The molecule has 0 bridgehead atoms. The number of nitrogens with one attached hydrogen (secondary N) is 1. The molecule has 102 valence electrons. The van der Waals surface area contributed by atoms with E-state index in [2.05, 4.69) is 0 Å². The fraction of sp³-hybridized carbons (Fsp3) is 0.250. The maximum absolute atomic E-state index is 13.3. The van der Waals surface area contributed by atoms with E-state index in [0.29, 0.717) is 0 Å². The number of benzene rings is 1. The van der Waals surface area contributed by atoms with Crippen molar-refractivity contribution in [2.75, 3.05) is 5.32 Å². The van der Waals surface area contributed by atoms with Crippen molar-refractivity contribution in [3.05, 3.63) is 41.5 Å². The molecule has 2 unspecified atom stereocenters.